The van der Waals surface area contributed by atoms with Crippen LogP contribution < -0.4 is 5.73 Å². The maximum absolute atomic E-state index is 8.90. The molecule has 0 aromatic heterocycles. The molecule has 96 valence electrons. The average molecular weight is 235 g/mol. The second kappa shape index (κ2) is 4.96. The van der Waals surface area contributed by atoms with Crippen LogP contribution in [0.2, 0.25) is 0 Å². The summed E-state index contributed by atoms with van der Waals surface area (Å²) in [7, 11) is 0. The summed E-state index contributed by atoms with van der Waals surface area (Å²) in [5.41, 5.74) is 5.90. The number of rotatable bonds is 3. The van der Waals surface area contributed by atoms with E-state index in [9.17, 15) is 0 Å². The van der Waals surface area contributed by atoms with Crippen LogP contribution in [-0.2, 0) is 0 Å². The summed E-state index contributed by atoms with van der Waals surface area (Å²) in [5.74, 6) is 0. The van der Waals surface area contributed by atoms with E-state index in [1.54, 1.807) is 0 Å². The van der Waals surface area contributed by atoms with E-state index in [-0.39, 0.29) is 0 Å². The molecule has 1 saturated carbocycles. The predicted molar refractivity (Wildman–Crippen MR) is 69.4 cm³/mol. The van der Waals surface area contributed by atoms with Crippen molar-refractivity contribution in [3.63, 3.8) is 0 Å². The molecule has 0 radical (unpaired) electrons. The second-order valence-corrected chi connectivity index (χ2v) is 6.33. The minimum Gasteiger partial charge on any atom is -0.314 e. The van der Waals surface area contributed by atoms with E-state index in [1.807, 2.05) is 6.92 Å². The van der Waals surface area contributed by atoms with Crippen molar-refractivity contribution in [3.05, 3.63) is 0 Å². The fraction of sp³-hybridized carbons (Fsp3) is 0.929. The fourth-order valence-electron chi connectivity index (χ4n) is 3.32. The molecule has 1 saturated heterocycles. The summed E-state index contributed by atoms with van der Waals surface area (Å²) >= 11 is 0. The van der Waals surface area contributed by atoms with Crippen LogP contribution in [0, 0.1) is 16.7 Å². The molecule has 1 aliphatic carbocycles. The van der Waals surface area contributed by atoms with Crippen molar-refractivity contribution in [2.75, 3.05) is 19.6 Å². The molecule has 2 fully saturated rings. The monoisotopic (exact) mass is 235 g/mol. The molecular formula is C14H25N3. The Kier molecular flexibility index (Phi) is 3.75. The van der Waals surface area contributed by atoms with Gasteiger partial charge in [-0.1, -0.05) is 12.8 Å². The van der Waals surface area contributed by atoms with Gasteiger partial charge in [-0.05, 0) is 57.5 Å². The zero-order chi connectivity index (χ0) is 12.4. The van der Waals surface area contributed by atoms with Crippen LogP contribution in [0.15, 0.2) is 0 Å². The van der Waals surface area contributed by atoms with Crippen molar-refractivity contribution < 1.29 is 0 Å². The number of nitriles is 1. The SMILES string of the molecule is CC(N)(C#N)CCN1CCC2(CCCC2)CC1. The highest BCUT2D eigenvalue weighted by molar-refractivity contribution is 5.01. The van der Waals surface area contributed by atoms with Crippen LogP contribution in [-0.4, -0.2) is 30.1 Å². The topological polar surface area (TPSA) is 53.1 Å². The lowest BCUT2D eigenvalue weighted by Gasteiger charge is -2.40. The molecule has 1 aliphatic heterocycles. The summed E-state index contributed by atoms with van der Waals surface area (Å²) in [5, 5.41) is 8.90. The summed E-state index contributed by atoms with van der Waals surface area (Å²) in [6, 6.07) is 2.18. The van der Waals surface area contributed by atoms with Crippen molar-refractivity contribution in [2.24, 2.45) is 11.1 Å². The number of hydrogen-bond donors (Lipinski definition) is 1. The van der Waals surface area contributed by atoms with Crippen LogP contribution in [0.4, 0.5) is 0 Å². The Morgan fingerprint density at radius 1 is 1.24 bits per heavy atom. The van der Waals surface area contributed by atoms with Crippen LogP contribution >= 0.6 is 0 Å². The van der Waals surface area contributed by atoms with Gasteiger partial charge in [0.1, 0.15) is 5.54 Å². The molecule has 0 aromatic carbocycles. The van der Waals surface area contributed by atoms with Crippen LogP contribution in [0.25, 0.3) is 0 Å². The number of nitrogens with two attached hydrogens (primary N) is 1. The first-order valence-corrected chi connectivity index (χ1v) is 6.98. The van der Waals surface area contributed by atoms with Crippen LogP contribution in [0.1, 0.15) is 51.9 Å². The van der Waals surface area contributed by atoms with Gasteiger partial charge >= 0.3 is 0 Å². The van der Waals surface area contributed by atoms with E-state index >= 15 is 0 Å². The van der Waals surface area contributed by atoms with E-state index in [1.165, 1.54) is 51.6 Å². The van der Waals surface area contributed by atoms with E-state index in [4.69, 9.17) is 11.0 Å². The first kappa shape index (κ1) is 12.9. The minimum atomic E-state index is -0.650. The van der Waals surface area contributed by atoms with Gasteiger partial charge in [0, 0.05) is 6.54 Å². The smallest absolute Gasteiger partial charge is 0.102 e. The number of likely N-dealkylation sites (tertiary alicyclic amines) is 1. The standard InChI is InChI=1S/C14H25N3/c1-13(16,12-15)6-9-17-10-7-14(8-11-17)4-2-3-5-14/h2-11,16H2,1H3. The summed E-state index contributed by atoms with van der Waals surface area (Å²) in [4.78, 5) is 2.49. The van der Waals surface area contributed by atoms with Crippen molar-refractivity contribution >= 4 is 0 Å². The zero-order valence-electron chi connectivity index (χ0n) is 11.0. The minimum absolute atomic E-state index is 0.650. The Labute approximate surface area is 105 Å². The van der Waals surface area contributed by atoms with Gasteiger partial charge in [0.2, 0.25) is 0 Å². The van der Waals surface area contributed by atoms with E-state index in [0.29, 0.717) is 5.41 Å². The van der Waals surface area contributed by atoms with Gasteiger partial charge in [0.05, 0.1) is 6.07 Å². The number of nitrogens with zero attached hydrogens (tertiary/aromatic N) is 2. The maximum Gasteiger partial charge on any atom is 0.102 e. The summed E-state index contributed by atoms with van der Waals surface area (Å²) < 4.78 is 0. The third kappa shape index (κ3) is 3.20. The zero-order valence-corrected chi connectivity index (χ0v) is 11.0. The average Bonchev–Trinajstić information content (AvgIpc) is 2.77. The quantitative estimate of drug-likeness (QED) is 0.816. The molecule has 0 aromatic rings. The molecule has 2 rings (SSSR count). The Morgan fingerprint density at radius 2 is 1.82 bits per heavy atom. The molecule has 1 atom stereocenters. The third-order valence-electron chi connectivity index (χ3n) is 4.78. The van der Waals surface area contributed by atoms with Gasteiger partial charge in [-0.3, -0.25) is 0 Å². The van der Waals surface area contributed by atoms with Crippen LogP contribution in [0.3, 0.4) is 0 Å². The molecular weight excluding hydrogens is 210 g/mol. The molecule has 2 N–H and O–H groups in total. The third-order valence-corrected chi connectivity index (χ3v) is 4.78. The van der Waals surface area contributed by atoms with Crippen LogP contribution in [0.5, 0.6) is 0 Å². The van der Waals surface area contributed by atoms with Gasteiger partial charge in [-0.2, -0.15) is 5.26 Å². The largest absolute Gasteiger partial charge is 0.314 e. The van der Waals surface area contributed by atoms with Gasteiger partial charge in [0.25, 0.3) is 0 Å². The number of piperidine rings is 1. The Balaban J connectivity index is 1.74. The molecule has 2 aliphatic rings. The van der Waals surface area contributed by atoms with Crippen molar-refractivity contribution in [1.82, 2.24) is 4.90 Å². The van der Waals surface area contributed by atoms with Crippen molar-refractivity contribution in [1.29, 1.82) is 5.26 Å². The van der Waals surface area contributed by atoms with Gasteiger partial charge < -0.3 is 10.6 Å². The normalized spacial score (nSPS) is 27.8. The fourth-order valence-corrected chi connectivity index (χ4v) is 3.32. The van der Waals surface area contributed by atoms with Gasteiger partial charge in [-0.15, -0.1) is 0 Å². The Hall–Kier alpha value is -0.590. The lowest BCUT2D eigenvalue weighted by Crippen LogP contribution is -2.43. The summed E-state index contributed by atoms with van der Waals surface area (Å²) in [6.07, 6.45) is 9.30. The van der Waals surface area contributed by atoms with Crippen molar-refractivity contribution in [2.45, 2.75) is 57.4 Å². The van der Waals surface area contributed by atoms with E-state index in [2.05, 4.69) is 11.0 Å². The van der Waals surface area contributed by atoms with Crippen molar-refractivity contribution in [3.8, 4) is 6.07 Å². The lowest BCUT2D eigenvalue weighted by atomic mass is 9.77. The maximum atomic E-state index is 8.90. The Bertz CT molecular complexity index is 287. The highest BCUT2D eigenvalue weighted by Crippen LogP contribution is 2.46. The molecule has 1 spiro atoms. The van der Waals surface area contributed by atoms with Gasteiger partial charge in [-0.25, -0.2) is 0 Å². The molecule has 3 nitrogen and oxygen atoms in total. The number of hydrogen-bond acceptors (Lipinski definition) is 3. The molecule has 17 heavy (non-hydrogen) atoms. The molecule has 0 bridgehead atoms. The second-order valence-electron chi connectivity index (χ2n) is 6.33. The highest BCUT2D eigenvalue weighted by Gasteiger charge is 2.36. The molecule has 0 amide bonds. The molecule has 3 heteroatoms. The molecule has 1 heterocycles. The Morgan fingerprint density at radius 3 is 2.35 bits per heavy atom. The lowest BCUT2D eigenvalue weighted by molar-refractivity contribution is 0.105. The first-order valence-electron chi connectivity index (χ1n) is 6.98. The highest BCUT2D eigenvalue weighted by atomic mass is 15.1. The van der Waals surface area contributed by atoms with E-state index < -0.39 is 5.54 Å². The predicted octanol–water partition coefficient (Wildman–Crippen LogP) is 2.27. The molecule has 1 unspecified atom stereocenters. The van der Waals surface area contributed by atoms with Gasteiger partial charge in [0.15, 0.2) is 0 Å². The first-order chi connectivity index (χ1) is 8.05. The van der Waals surface area contributed by atoms with E-state index in [0.717, 1.165) is 13.0 Å². The summed E-state index contributed by atoms with van der Waals surface area (Å²) in [6.45, 7) is 5.23.